The molecule has 1 heterocycles. The van der Waals surface area contributed by atoms with Crippen molar-refractivity contribution in [2.75, 3.05) is 5.32 Å². The summed E-state index contributed by atoms with van der Waals surface area (Å²) in [6.45, 7) is 0. The molecule has 2 rings (SSSR count). The fourth-order valence-electron chi connectivity index (χ4n) is 1.92. The molecule has 1 fully saturated rings. The Balaban J connectivity index is 1.83. The van der Waals surface area contributed by atoms with Crippen molar-refractivity contribution in [3.05, 3.63) is 34.6 Å². The number of halogens is 1. The average Bonchev–Trinajstić information content (AvgIpc) is 2.40. The molecular weight excluding hydrogens is 294 g/mol. The second kappa shape index (κ2) is 6.54. The van der Waals surface area contributed by atoms with Gasteiger partial charge >= 0.3 is 6.03 Å². The van der Waals surface area contributed by atoms with Crippen LogP contribution in [0, 0.1) is 0 Å². The predicted octanol–water partition coefficient (Wildman–Crippen LogP) is 3.81. The van der Waals surface area contributed by atoms with Crippen LogP contribution in [-0.2, 0) is 0 Å². The Morgan fingerprint density at radius 3 is 2.72 bits per heavy atom. The molecule has 18 heavy (non-hydrogen) atoms. The first-order valence-corrected chi connectivity index (χ1v) is 6.90. The molecule has 2 N–H and O–H groups in total. The van der Waals surface area contributed by atoms with Crippen molar-refractivity contribution < 1.29 is 4.79 Å². The van der Waals surface area contributed by atoms with Gasteiger partial charge in [0.25, 0.3) is 0 Å². The Morgan fingerprint density at radius 2 is 2.06 bits per heavy atom. The van der Waals surface area contributed by atoms with Gasteiger partial charge in [0.05, 0.1) is 0 Å². The fourth-order valence-corrected chi connectivity index (χ4v) is 2.15. The number of hydrogen-bond acceptors (Lipinski definition) is 2. The Labute approximate surface area is 115 Å². The third kappa shape index (κ3) is 4.14. The van der Waals surface area contributed by atoms with E-state index in [0.717, 1.165) is 17.3 Å². The van der Waals surface area contributed by atoms with Gasteiger partial charge in [-0.05, 0) is 53.7 Å². The number of nitrogens with one attached hydrogen (secondary N) is 2. The van der Waals surface area contributed by atoms with Crippen LogP contribution in [0.1, 0.15) is 32.1 Å². The van der Waals surface area contributed by atoms with E-state index in [1.54, 1.807) is 12.3 Å². The maximum Gasteiger partial charge on any atom is 0.324 e. The number of allylic oxidation sites excluding steroid dienone is 1. The summed E-state index contributed by atoms with van der Waals surface area (Å²) in [5.41, 5.74) is 1.32. The third-order valence-electron chi connectivity index (χ3n) is 2.87. The molecule has 0 radical (unpaired) electrons. The van der Waals surface area contributed by atoms with Gasteiger partial charge in [-0.15, -0.1) is 0 Å². The topological polar surface area (TPSA) is 54.0 Å². The zero-order chi connectivity index (χ0) is 12.8. The first-order valence-electron chi connectivity index (χ1n) is 6.11. The molecule has 1 saturated carbocycles. The monoisotopic (exact) mass is 309 g/mol. The van der Waals surface area contributed by atoms with Gasteiger partial charge in [0, 0.05) is 16.9 Å². The number of amides is 2. The molecule has 1 aliphatic carbocycles. The van der Waals surface area contributed by atoms with Gasteiger partial charge in [-0.1, -0.05) is 12.0 Å². The van der Waals surface area contributed by atoms with Crippen molar-refractivity contribution in [3.8, 4) is 0 Å². The molecule has 0 atom stereocenters. The van der Waals surface area contributed by atoms with Crippen molar-refractivity contribution >= 4 is 27.8 Å². The summed E-state index contributed by atoms with van der Waals surface area (Å²) in [5, 5.41) is 5.43. The van der Waals surface area contributed by atoms with E-state index in [1.807, 2.05) is 12.3 Å². The summed E-state index contributed by atoms with van der Waals surface area (Å²) in [5.74, 6) is 0.540. The highest BCUT2D eigenvalue weighted by molar-refractivity contribution is 9.10. The molecule has 2 amide bonds. The van der Waals surface area contributed by atoms with E-state index in [1.165, 1.54) is 24.8 Å². The number of pyridine rings is 1. The van der Waals surface area contributed by atoms with Crippen molar-refractivity contribution in [2.45, 2.75) is 32.1 Å². The Bertz CT molecular complexity index is 434. The van der Waals surface area contributed by atoms with E-state index in [4.69, 9.17) is 0 Å². The maximum absolute atomic E-state index is 11.6. The lowest BCUT2D eigenvalue weighted by molar-refractivity contribution is 0.255. The molecule has 1 aliphatic rings. The smallest absolute Gasteiger partial charge is 0.314 e. The van der Waals surface area contributed by atoms with Crippen molar-refractivity contribution in [3.63, 3.8) is 0 Å². The lowest BCUT2D eigenvalue weighted by Crippen LogP contribution is -2.25. The van der Waals surface area contributed by atoms with Gasteiger partial charge in [0.1, 0.15) is 5.82 Å². The van der Waals surface area contributed by atoms with Gasteiger partial charge in [-0.3, -0.25) is 5.32 Å². The number of nitrogens with zero attached hydrogens (tertiary/aromatic N) is 1. The lowest BCUT2D eigenvalue weighted by atomic mass is 9.96. The van der Waals surface area contributed by atoms with Crippen LogP contribution in [0.5, 0.6) is 0 Å². The normalized spacial score (nSPS) is 15.1. The number of urea groups is 1. The number of anilines is 1. The van der Waals surface area contributed by atoms with E-state index < -0.39 is 0 Å². The fraction of sp³-hybridized carbons (Fsp3) is 0.385. The SMILES string of the molecule is O=C(NC=C1CCCCC1)Nc1ccc(Br)cn1. The van der Waals surface area contributed by atoms with Crippen LogP contribution in [0.2, 0.25) is 0 Å². The van der Waals surface area contributed by atoms with Gasteiger partial charge in [-0.25, -0.2) is 9.78 Å². The minimum atomic E-state index is -0.247. The minimum absolute atomic E-state index is 0.247. The van der Waals surface area contributed by atoms with Gasteiger partial charge in [0.15, 0.2) is 0 Å². The molecule has 0 unspecified atom stereocenters. The summed E-state index contributed by atoms with van der Waals surface area (Å²) >= 11 is 3.29. The highest BCUT2D eigenvalue weighted by Crippen LogP contribution is 2.21. The first kappa shape index (κ1) is 13.1. The second-order valence-electron chi connectivity index (χ2n) is 4.32. The third-order valence-corrected chi connectivity index (χ3v) is 3.34. The average molecular weight is 310 g/mol. The molecule has 0 bridgehead atoms. The summed E-state index contributed by atoms with van der Waals surface area (Å²) in [4.78, 5) is 15.7. The number of aromatic nitrogens is 1. The van der Waals surface area contributed by atoms with Crippen LogP contribution in [0.4, 0.5) is 10.6 Å². The summed E-state index contributed by atoms with van der Waals surface area (Å²) in [7, 11) is 0. The van der Waals surface area contributed by atoms with Crippen LogP contribution < -0.4 is 10.6 Å². The zero-order valence-electron chi connectivity index (χ0n) is 10.1. The van der Waals surface area contributed by atoms with Crippen molar-refractivity contribution in [1.29, 1.82) is 0 Å². The van der Waals surface area contributed by atoms with E-state index in [-0.39, 0.29) is 6.03 Å². The number of hydrogen-bond donors (Lipinski definition) is 2. The van der Waals surface area contributed by atoms with E-state index in [2.05, 4.69) is 31.5 Å². The number of rotatable bonds is 2. The largest absolute Gasteiger partial charge is 0.324 e. The van der Waals surface area contributed by atoms with Crippen LogP contribution in [0.3, 0.4) is 0 Å². The van der Waals surface area contributed by atoms with Gasteiger partial charge in [0.2, 0.25) is 0 Å². The predicted molar refractivity (Wildman–Crippen MR) is 75.3 cm³/mol. The summed E-state index contributed by atoms with van der Waals surface area (Å²) in [6.07, 6.45) is 9.41. The Hall–Kier alpha value is -1.36. The molecule has 0 aromatic carbocycles. The van der Waals surface area contributed by atoms with Crippen LogP contribution in [0.15, 0.2) is 34.6 Å². The van der Waals surface area contributed by atoms with Crippen LogP contribution in [-0.4, -0.2) is 11.0 Å². The number of carbonyl (C=O) groups is 1. The minimum Gasteiger partial charge on any atom is -0.314 e. The Morgan fingerprint density at radius 1 is 1.28 bits per heavy atom. The standard InChI is InChI=1S/C13H16BrN3O/c14-11-6-7-12(15-9-11)17-13(18)16-8-10-4-2-1-3-5-10/h6-9H,1-5H2,(H2,15,16,17,18). The molecule has 4 nitrogen and oxygen atoms in total. The van der Waals surface area contributed by atoms with Gasteiger partial charge in [-0.2, -0.15) is 0 Å². The zero-order valence-corrected chi connectivity index (χ0v) is 11.7. The molecule has 0 spiro atoms. The molecular formula is C13H16BrN3O. The lowest BCUT2D eigenvalue weighted by Gasteiger charge is -2.13. The van der Waals surface area contributed by atoms with Crippen molar-refractivity contribution in [2.24, 2.45) is 0 Å². The summed E-state index contributed by atoms with van der Waals surface area (Å²) in [6, 6.07) is 3.34. The number of carbonyl (C=O) groups excluding carboxylic acids is 1. The molecule has 96 valence electrons. The van der Waals surface area contributed by atoms with E-state index >= 15 is 0 Å². The quantitative estimate of drug-likeness (QED) is 0.872. The van der Waals surface area contributed by atoms with Crippen molar-refractivity contribution in [1.82, 2.24) is 10.3 Å². The Kier molecular flexibility index (Phi) is 4.75. The second-order valence-corrected chi connectivity index (χ2v) is 5.24. The molecule has 5 heteroatoms. The van der Waals surface area contributed by atoms with E-state index in [0.29, 0.717) is 5.82 Å². The van der Waals surface area contributed by atoms with Crippen LogP contribution >= 0.6 is 15.9 Å². The van der Waals surface area contributed by atoms with E-state index in [9.17, 15) is 4.79 Å². The van der Waals surface area contributed by atoms with Crippen LogP contribution in [0.25, 0.3) is 0 Å². The molecule has 1 aromatic heterocycles. The molecule has 0 saturated heterocycles. The molecule has 1 aromatic rings. The first-order chi connectivity index (χ1) is 8.74. The maximum atomic E-state index is 11.6. The summed E-state index contributed by atoms with van der Waals surface area (Å²) < 4.78 is 0.887. The highest BCUT2D eigenvalue weighted by Gasteiger charge is 2.06. The highest BCUT2D eigenvalue weighted by atomic mass is 79.9. The van der Waals surface area contributed by atoms with Gasteiger partial charge < -0.3 is 5.32 Å². The molecule has 0 aliphatic heterocycles.